The monoisotopic (exact) mass is 515 g/mol. The van der Waals surface area contributed by atoms with Gasteiger partial charge >= 0.3 is 0 Å². The van der Waals surface area contributed by atoms with Crippen molar-refractivity contribution in [1.29, 1.82) is 0 Å². The lowest BCUT2D eigenvalue weighted by Gasteiger charge is -2.39. The lowest BCUT2D eigenvalue weighted by molar-refractivity contribution is -0.122. The molecular weight excluding hydrogens is 478 g/mol. The minimum absolute atomic E-state index is 0.111. The van der Waals surface area contributed by atoms with Crippen molar-refractivity contribution in [3.05, 3.63) is 102 Å². The van der Waals surface area contributed by atoms with Gasteiger partial charge in [0.1, 0.15) is 0 Å². The number of rotatable bonds is 10. The van der Waals surface area contributed by atoms with E-state index in [1.54, 1.807) is 18.0 Å². The maximum absolute atomic E-state index is 12.6. The SMILES string of the molecule is O=C(NCCCCN1CCN(C(c2ccccc2)c2ccccc2)CC1)[C@@H]1CSC(c2cccnc2)N1. The Hall–Kier alpha value is -2.71. The predicted molar refractivity (Wildman–Crippen MR) is 151 cm³/mol. The lowest BCUT2D eigenvalue weighted by Crippen LogP contribution is -2.48. The van der Waals surface area contributed by atoms with Gasteiger partial charge in [0.25, 0.3) is 0 Å². The first-order valence-corrected chi connectivity index (χ1v) is 14.4. The van der Waals surface area contributed by atoms with Crippen LogP contribution >= 0.6 is 11.8 Å². The van der Waals surface area contributed by atoms with Crippen LogP contribution in [0.15, 0.2) is 85.2 Å². The number of benzene rings is 2. The van der Waals surface area contributed by atoms with Gasteiger partial charge in [-0.25, -0.2) is 0 Å². The fraction of sp³-hybridized carbons (Fsp3) is 0.400. The predicted octanol–water partition coefficient (Wildman–Crippen LogP) is 4.09. The Morgan fingerprint density at radius 3 is 2.30 bits per heavy atom. The van der Waals surface area contributed by atoms with E-state index in [2.05, 4.69) is 92.1 Å². The second-order valence-electron chi connectivity index (χ2n) is 9.82. The Labute approximate surface area is 224 Å². The highest BCUT2D eigenvalue weighted by Gasteiger charge is 2.30. The quantitative estimate of drug-likeness (QED) is 0.397. The third-order valence-electron chi connectivity index (χ3n) is 7.29. The van der Waals surface area contributed by atoms with Gasteiger partial charge in [0.2, 0.25) is 5.91 Å². The largest absolute Gasteiger partial charge is 0.355 e. The van der Waals surface area contributed by atoms with Crippen LogP contribution in [-0.2, 0) is 4.79 Å². The highest BCUT2D eigenvalue weighted by Crippen LogP contribution is 2.32. The molecule has 2 atom stereocenters. The number of carbonyl (C=O) groups is 1. The number of hydrogen-bond donors (Lipinski definition) is 2. The van der Waals surface area contributed by atoms with E-state index in [1.807, 2.05) is 12.3 Å². The van der Waals surface area contributed by atoms with E-state index in [9.17, 15) is 4.79 Å². The summed E-state index contributed by atoms with van der Waals surface area (Å²) in [7, 11) is 0. The molecule has 2 aliphatic rings. The van der Waals surface area contributed by atoms with E-state index in [1.165, 1.54) is 11.1 Å². The summed E-state index contributed by atoms with van der Waals surface area (Å²) in [6.07, 6.45) is 5.76. The third kappa shape index (κ3) is 6.99. The molecule has 1 amide bonds. The van der Waals surface area contributed by atoms with Crippen LogP contribution in [0.25, 0.3) is 0 Å². The summed E-state index contributed by atoms with van der Waals surface area (Å²) in [6, 6.07) is 25.9. The van der Waals surface area contributed by atoms with Crippen molar-refractivity contribution in [3.8, 4) is 0 Å². The molecule has 0 radical (unpaired) electrons. The van der Waals surface area contributed by atoms with Crippen molar-refractivity contribution in [1.82, 2.24) is 25.4 Å². The van der Waals surface area contributed by atoms with Crippen LogP contribution < -0.4 is 10.6 Å². The molecule has 0 bridgehead atoms. The summed E-state index contributed by atoms with van der Waals surface area (Å²) in [5, 5.41) is 6.71. The van der Waals surface area contributed by atoms with Crippen molar-refractivity contribution >= 4 is 17.7 Å². The average Bonchev–Trinajstić information content (AvgIpc) is 3.46. The highest BCUT2D eigenvalue weighted by atomic mass is 32.2. The second kappa shape index (κ2) is 13.2. The molecule has 1 unspecified atom stereocenters. The van der Waals surface area contributed by atoms with Gasteiger partial charge in [-0.15, -0.1) is 11.8 Å². The van der Waals surface area contributed by atoms with Crippen molar-refractivity contribution < 1.29 is 4.79 Å². The summed E-state index contributed by atoms with van der Waals surface area (Å²) in [4.78, 5) is 22.0. The van der Waals surface area contributed by atoms with Crippen molar-refractivity contribution in [2.24, 2.45) is 0 Å². The van der Waals surface area contributed by atoms with E-state index in [0.717, 1.165) is 63.4 Å². The minimum Gasteiger partial charge on any atom is -0.355 e. The van der Waals surface area contributed by atoms with E-state index < -0.39 is 0 Å². The fourth-order valence-corrected chi connectivity index (χ4v) is 6.50. The lowest BCUT2D eigenvalue weighted by atomic mass is 9.96. The molecule has 2 saturated heterocycles. The Balaban J connectivity index is 1.01. The Bertz CT molecular complexity index is 1050. The van der Waals surface area contributed by atoms with Gasteiger partial charge in [-0.05, 0) is 42.1 Å². The Morgan fingerprint density at radius 2 is 1.65 bits per heavy atom. The molecular formula is C30H37N5OS. The number of nitrogens with zero attached hydrogens (tertiary/aromatic N) is 3. The number of nitrogens with one attached hydrogen (secondary N) is 2. The molecule has 6 nitrogen and oxygen atoms in total. The van der Waals surface area contributed by atoms with Crippen LogP contribution in [0.1, 0.15) is 40.9 Å². The zero-order valence-electron chi connectivity index (χ0n) is 21.3. The first-order chi connectivity index (χ1) is 18.3. The standard InChI is InChI=1S/C30H37N5OS/c36-29(27-23-37-30(33-27)26-14-9-15-31-22-26)32-16-7-8-17-34-18-20-35(21-19-34)28(24-10-3-1-4-11-24)25-12-5-2-6-13-25/h1-6,9-15,22,27-28,30,33H,7-8,16-21,23H2,(H,32,36)/t27-,30?/m0/s1. The molecule has 194 valence electrons. The maximum atomic E-state index is 12.6. The van der Waals surface area contributed by atoms with Crippen molar-refractivity contribution in [2.75, 3.05) is 45.0 Å². The van der Waals surface area contributed by atoms with Crippen LogP contribution in [0.2, 0.25) is 0 Å². The molecule has 5 rings (SSSR count). The van der Waals surface area contributed by atoms with Crippen LogP contribution in [0.3, 0.4) is 0 Å². The van der Waals surface area contributed by atoms with Gasteiger partial charge < -0.3 is 10.2 Å². The number of unbranched alkanes of at least 4 members (excludes halogenated alkanes) is 1. The molecule has 2 aromatic carbocycles. The van der Waals surface area contributed by atoms with Gasteiger partial charge in [0.15, 0.2) is 0 Å². The average molecular weight is 516 g/mol. The van der Waals surface area contributed by atoms with Gasteiger partial charge in [0.05, 0.1) is 17.5 Å². The number of thioether (sulfide) groups is 1. The highest BCUT2D eigenvalue weighted by molar-refractivity contribution is 7.99. The van der Waals surface area contributed by atoms with Gasteiger partial charge in [-0.2, -0.15) is 0 Å². The van der Waals surface area contributed by atoms with E-state index in [-0.39, 0.29) is 17.3 Å². The summed E-state index contributed by atoms with van der Waals surface area (Å²) >= 11 is 1.77. The van der Waals surface area contributed by atoms with E-state index in [4.69, 9.17) is 0 Å². The molecule has 3 heterocycles. The zero-order valence-corrected chi connectivity index (χ0v) is 22.2. The van der Waals surface area contributed by atoms with Gasteiger partial charge in [-0.1, -0.05) is 66.7 Å². The molecule has 0 aliphatic carbocycles. The normalized spacial score (nSPS) is 20.8. The summed E-state index contributed by atoms with van der Waals surface area (Å²) in [5.74, 6) is 0.906. The molecule has 1 aromatic heterocycles. The molecule has 37 heavy (non-hydrogen) atoms. The number of piperazine rings is 1. The number of carbonyl (C=O) groups excluding carboxylic acids is 1. The summed E-state index contributed by atoms with van der Waals surface area (Å²) in [5.41, 5.74) is 3.85. The number of hydrogen-bond acceptors (Lipinski definition) is 6. The molecule has 2 fully saturated rings. The van der Waals surface area contributed by atoms with Gasteiger partial charge in [0, 0.05) is 50.9 Å². The number of aromatic nitrogens is 1. The van der Waals surface area contributed by atoms with Gasteiger partial charge in [-0.3, -0.25) is 20.0 Å². The molecule has 3 aromatic rings. The Kier molecular flexibility index (Phi) is 9.24. The maximum Gasteiger partial charge on any atom is 0.238 e. The minimum atomic E-state index is -0.134. The first kappa shape index (κ1) is 25.9. The number of amides is 1. The van der Waals surface area contributed by atoms with E-state index in [0.29, 0.717) is 6.04 Å². The molecule has 2 aliphatic heterocycles. The van der Waals surface area contributed by atoms with E-state index >= 15 is 0 Å². The van der Waals surface area contributed by atoms with Crippen LogP contribution in [0.4, 0.5) is 0 Å². The zero-order chi connectivity index (χ0) is 25.3. The molecule has 0 saturated carbocycles. The van der Waals surface area contributed by atoms with Crippen LogP contribution in [0, 0.1) is 0 Å². The number of pyridine rings is 1. The third-order valence-corrected chi connectivity index (χ3v) is 8.56. The van der Waals surface area contributed by atoms with Crippen molar-refractivity contribution in [2.45, 2.75) is 30.3 Å². The molecule has 7 heteroatoms. The molecule has 0 spiro atoms. The second-order valence-corrected chi connectivity index (χ2v) is 11.0. The summed E-state index contributed by atoms with van der Waals surface area (Å²) in [6.45, 7) is 6.13. The molecule has 2 N–H and O–H groups in total. The Morgan fingerprint density at radius 1 is 0.946 bits per heavy atom. The topological polar surface area (TPSA) is 60.5 Å². The van der Waals surface area contributed by atoms with Crippen molar-refractivity contribution in [3.63, 3.8) is 0 Å². The summed E-state index contributed by atoms with van der Waals surface area (Å²) < 4.78 is 0. The van der Waals surface area contributed by atoms with Crippen LogP contribution in [-0.4, -0.2) is 71.8 Å². The smallest absolute Gasteiger partial charge is 0.238 e. The fourth-order valence-electron chi connectivity index (χ4n) is 5.27. The first-order valence-electron chi connectivity index (χ1n) is 13.4. The van der Waals surface area contributed by atoms with Crippen LogP contribution in [0.5, 0.6) is 0 Å².